The summed E-state index contributed by atoms with van der Waals surface area (Å²) in [5.41, 5.74) is 10.4. The average Bonchev–Trinajstić information content (AvgIpc) is 2.82. The molecule has 2 heterocycles. The second-order valence-corrected chi connectivity index (χ2v) is 6.08. The van der Waals surface area contributed by atoms with Gasteiger partial charge in [-0.05, 0) is 13.8 Å². The van der Waals surface area contributed by atoms with Crippen molar-refractivity contribution in [3.8, 4) is 0 Å². The Morgan fingerprint density at radius 1 is 1.35 bits per heavy atom. The SMILES string of the molecule is CC1(C)O[C@@H]2[C@H](O1)[C@@H](CI)O[C@H]2NC(=O)C(N)C(N)=O. The summed E-state index contributed by atoms with van der Waals surface area (Å²) >= 11 is 2.17. The number of ether oxygens (including phenoxy) is 3. The first-order chi connectivity index (χ1) is 9.25. The molecule has 5 atom stereocenters. The molecule has 0 aromatic rings. The molecule has 2 aliphatic heterocycles. The van der Waals surface area contributed by atoms with Crippen LogP contribution in [0.3, 0.4) is 0 Å². The molecule has 0 saturated carbocycles. The quantitative estimate of drug-likeness (QED) is 0.303. The van der Waals surface area contributed by atoms with E-state index in [4.69, 9.17) is 25.7 Å². The molecule has 2 aliphatic rings. The van der Waals surface area contributed by atoms with E-state index in [1.807, 2.05) is 0 Å². The van der Waals surface area contributed by atoms with Gasteiger partial charge in [0.05, 0.1) is 6.10 Å². The fourth-order valence-electron chi connectivity index (χ4n) is 2.28. The third-order valence-electron chi connectivity index (χ3n) is 3.18. The van der Waals surface area contributed by atoms with E-state index >= 15 is 0 Å². The number of fused-ring (bicyclic) bond motifs is 1. The molecule has 0 aliphatic carbocycles. The van der Waals surface area contributed by atoms with Gasteiger partial charge in [-0.3, -0.25) is 9.59 Å². The minimum absolute atomic E-state index is 0.197. The third kappa shape index (κ3) is 3.06. The number of nitrogens with two attached hydrogens (primary N) is 2. The fourth-order valence-corrected chi connectivity index (χ4v) is 2.99. The maximum atomic E-state index is 11.8. The maximum absolute atomic E-state index is 11.8. The molecule has 2 fully saturated rings. The molecule has 114 valence electrons. The van der Waals surface area contributed by atoms with Gasteiger partial charge in [-0.1, -0.05) is 22.6 Å². The van der Waals surface area contributed by atoms with Gasteiger partial charge in [0, 0.05) is 4.43 Å². The second kappa shape index (κ2) is 5.72. The number of hydrogen-bond acceptors (Lipinski definition) is 6. The van der Waals surface area contributed by atoms with Crippen LogP contribution >= 0.6 is 22.6 Å². The number of alkyl halides is 1. The molecule has 0 spiro atoms. The molecule has 0 aromatic carbocycles. The Morgan fingerprint density at radius 3 is 2.50 bits per heavy atom. The Morgan fingerprint density at radius 2 is 1.95 bits per heavy atom. The lowest BCUT2D eigenvalue weighted by atomic mass is 10.1. The van der Waals surface area contributed by atoms with Gasteiger partial charge in [0.25, 0.3) is 0 Å². The lowest BCUT2D eigenvalue weighted by Gasteiger charge is -2.24. The van der Waals surface area contributed by atoms with Crippen LogP contribution < -0.4 is 16.8 Å². The van der Waals surface area contributed by atoms with Crippen molar-refractivity contribution >= 4 is 34.4 Å². The van der Waals surface area contributed by atoms with Crippen LogP contribution in [0.5, 0.6) is 0 Å². The lowest BCUT2D eigenvalue weighted by molar-refractivity contribution is -0.188. The van der Waals surface area contributed by atoms with Crippen LogP contribution in [0.2, 0.25) is 0 Å². The first-order valence-corrected chi connectivity index (χ1v) is 7.70. The fraction of sp³-hybridized carbons (Fsp3) is 0.818. The summed E-state index contributed by atoms with van der Waals surface area (Å²) in [7, 11) is 0. The zero-order valence-corrected chi connectivity index (χ0v) is 13.3. The van der Waals surface area contributed by atoms with E-state index in [0.29, 0.717) is 4.43 Å². The number of carbonyl (C=O) groups excluding carboxylic acids is 2. The second-order valence-electron chi connectivity index (χ2n) is 5.20. The Bertz CT molecular complexity index is 419. The van der Waals surface area contributed by atoms with E-state index in [2.05, 4.69) is 27.9 Å². The average molecular weight is 399 g/mol. The highest BCUT2D eigenvalue weighted by Crippen LogP contribution is 2.38. The number of primary amides is 1. The van der Waals surface area contributed by atoms with Crippen molar-refractivity contribution in [2.45, 2.75) is 50.2 Å². The van der Waals surface area contributed by atoms with Crippen LogP contribution in [0, 0.1) is 0 Å². The van der Waals surface area contributed by atoms with Crippen LogP contribution in [0.1, 0.15) is 13.8 Å². The first kappa shape index (κ1) is 15.9. The zero-order chi connectivity index (χ0) is 15.1. The summed E-state index contributed by atoms with van der Waals surface area (Å²) in [6.45, 7) is 3.59. The highest BCUT2D eigenvalue weighted by molar-refractivity contribution is 14.1. The molecule has 0 bridgehead atoms. The van der Waals surface area contributed by atoms with E-state index in [9.17, 15) is 9.59 Å². The number of rotatable bonds is 4. The van der Waals surface area contributed by atoms with Crippen LogP contribution in [-0.4, -0.2) is 52.6 Å². The highest BCUT2D eigenvalue weighted by atomic mass is 127. The third-order valence-corrected chi connectivity index (χ3v) is 4.04. The molecule has 20 heavy (non-hydrogen) atoms. The number of hydrogen-bond donors (Lipinski definition) is 3. The maximum Gasteiger partial charge on any atom is 0.248 e. The summed E-state index contributed by atoms with van der Waals surface area (Å²) < 4.78 is 17.9. The van der Waals surface area contributed by atoms with Crippen molar-refractivity contribution in [1.29, 1.82) is 0 Å². The topological polar surface area (TPSA) is 126 Å². The van der Waals surface area contributed by atoms with E-state index in [-0.39, 0.29) is 12.2 Å². The molecule has 0 aromatic heterocycles. The van der Waals surface area contributed by atoms with Gasteiger partial charge >= 0.3 is 0 Å². The van der Waals surface area contributed by atoms with E-state index in [0.717, 1.165) is 0 Å². The first-order valence-electron chi connectivity index (χ1n) is 6.17. The predicted octanol–water partition coefficient (Wildman–Crippen LogP) is -1.40. The van der Waals surface area contributed by atoms with Crippen molar-refractivity contribution in [3.05, 3.63) is 0 Å². The van der Waals surface area contributed by atoms with Crippen LogP contribution in [0.25, 0.3) is 0 Å². The molecular weight excluding hydrogens is 381 g/mol. The van der Waals surface area contributed by atoms with Gasteiger partial charge in [-0.25, -0.2) is 0 Å². The number of amides is 2. The summed E-state index contributed by atoms with van der Waals surface area (Å²) in [6.07, 6.45) is -1.61. The molecule has 5 N–H and O–H groups in total. The molecule has 1 unspecified atom stereocenters. The molecular formula is C11H18IN3O5. The number of carbonyl (C=O) groups is 2. The van der Waals surface area contributed by atoms with E-state index in [1.165, 1.54) is 0 Å². The van der Waals surface area contributed by atoms with Crippen LogP contribution in [0.15, 0.2) is 0 Å². The Kier molecular flexibility index (Phi) is 4.54. The summed E-state index contributed by atoms with van der Waals surface area (Å²) in [5, 5.41) is 2.54. The zero-order valence-electron chi connectivity index (χ0n) is 11.2. The standard InChI is InChI=1S/C11H18IN3O5/c1-11(2)19-6-4(3-12)18-10(7(6)20-11)15-9(17)5(13)8(14)16/h4-7,10H,3,13H2,1-2H3,(H2,14,16)(H,15,17)/t4-,5?,6-,7-,10-/m1/s1. The van der Waals surface area contributed by atoms with Crippen molar-refractivity contribution in [2.75, 3.05) is 4.43 Å². The molecule has 9 heteroatoms. The Hall–Kier alpha value is -0.490. The minimum Gasteiger partial charge on any atom is -0.368 e. The number of halogens is 1. The van der Waals surface area contributed by atoms with Gasteiger partial charge in [-0.2, -0.15) is 0 Å². The predicted molar refractivity (Wildman–Crippen MR) is 76.7 cm³/mol. The van der Waals surface area contributed by atoms with Gasteiger partial charge in [0.1, 0.15) is 12.2 Å². The molecule has 8 nitrogen and oxygen atoms in total. The summed E-state index contributed by atoms with van der Waals surface area (Å²) in [5.74, 6) is -2.33. The number of nitrogens with one attached hydrogen (secondary N) is 1. The van der Waals surface area contributed by atoms with Crippen molar-refractivity contribution in [1.82, 2.24) is 5.32 Å². The van der Waals surface area contributed by atoms with Gasteiger partial charge in [0.15, 0.2) is 18.1 Å². The van der Waals surface area contributed by atoms with Crippen molar-refractivity contribution in [3.63, 3.8) is 0 Å². The van der Waals surface area contributed by atoms with Gasteiger partial charge < -0.3 is 31.0 Å². The lowest BCUT2D eigenvalue weighted by Crippen LogP contribution is -2.54. The molecule has 0 radical (unpaired) electrons. The molecule has 2 amide bonds. The van der Waals surface area contributed by atoms with Crippen LogP contribution in [-0.2, 0) is 23.8 Å². The molecule has 2 rings (SSSR count). The van der Waals surface area contributed by atoms with E-state index < -0.39 is 36.0 Å². The highest BCUT2D eigenvalue weighted by Gasteiger charge is 2.55. The van der Waals surface area contributed by atoms with Crippen molar-refractivity contribution < 1.29 is 23.8 Å². The molecule has 2 saturated heterocycles. The van der Waals surface area contributed by atoms with Crippen LogP contribution in [0.4, 0.5) is 0 Å². The summed E-state index contributed by atoms with van der Waals surface area (Å²) in [6, 6.07) is -1.41. The monoisotopic (exact) mass is 399 g/mol. The minimum atomic E-state index is -1.41. The van der Waals surface area contributed by atoms with Gasteiger partial charge in [-0.15, -0.1) is 0 Å². The largest absolute Gasteiger partial charge is 0.368 e. The summed E-state index contributed by atoms with van der Waals surface area (Å²) in [4.78, 5) is 22.7. The van der Waals surface area contributed by atoms with E-state index in [1.54, 1.807) is 13.8 Å². The Labute approximate surface area is 130 Å². The normalized spacial score (nSPS) is 36.4. The smallest absolute Gasteiger partial charge is 0.248 e. The van der Waals surface area contributed by atoms with Crippen molar-refractivity contribution in [2.24, 2.45) is 11.5 Å². The Balaban J connectivity index is 2.06. The van der Waals surface area contributed by atoms with Gasteiger partial charge in [0.2, 0.25) is 11.8 Å².